The Morgan fingerprint density at radius 2 is 1.96 bits per heavy atom. The number of nitrogens with one attached hydrogen (secondary N) is 1. The zero-order valence-electron chi connectivity index (χ0n) is 14.8. The van der Waals surface area contributed by atoms with Crippen molar-refractivity contribution in [3.05, 3.63) is 30.1 Å². The number of benzene rings is 1. The predicted molar refractivity (Wildman–Crippen MR) is 96.8 cm³/mol. The first kappa shape index (κ1) is 19.8. The zero-order valence-corrected chi connectivity index (χ0v) is 15.6. The first-order valence-corrected chi connectivity index (χ1v) is 9.77. The Morgan fingerprint density at radius 3 is 2.68 bits per heavy atom. The first-order valence-electron chi connectivity index (χ1n) is 8.79. The molecule has 1 saturated carbocycles. The summed E-state index contributed by atoms with van der Waals surface area (Å²) < 4.78 is 17.8. The molecular formula is C19H26FNO3S. The highest BCUT2D eigenvalue weighted by atomic mass is 32.2. The Balaban J connectivity index is 1.62. The van der Waals surface area contributed by atoms with Crippen molar-refractivity contribution in [1.82, 2.24) is 5.32 Å². The maximum Gasteiger partial charge on any atom is 0.307 e. The Bertz CT molecular complexity index is 579. The molecule has 0 bridgehead atoms. The molecule has 0 radical (unpaired) electrons. The molecule has 1 aliphatic rings. The molecule has 25 heavy (non-hydrogen) atoms. The maximum absolute atomic E-state index is 12.8. The summed E-state index contributed by atoms with van der Waals surface area (Å²) in [6, 6.07) is 6.29. The smallest absolute Gasteiger partial charge is 0.307 e. The van der Waals surface area contributed by atoms with Crippen LogP contribution in [0.1, 0.15) is 39.5 Å². The third-order valence-electron chi connectivity index (χ3n) is 4.81. The van der Waals surface area contributed by atoms with Crippen LogP contribution in [0, 0.1) is 17.7 Å². The van der Waals surface area contributed by atoms with Crippen LogP contribution in [0.3, 0.4) is 0 Å². The number of halogens is 1. The molecule has 0 heterocycles. The molecule has 0 spiro atoms. The summed E-state index contributed by atoms with van der Waals surface area (Å²) in [5.74, 6) is 0.672. The molecule has 1 aromatic rings. The van der Waals surface area contributed by atoms with Crippen molar-refractivity contribution < 1.29 is 18.7 Å². The average Bonchev–Trinajstić information content (AvgIpc) is 2.59. The molecule has 3 atom stereocenters. The van der Waals surface area contributed by atoms with Crippen molar-refractivity contribution in [1.29, 1.82) is 0 Å². The molecule has 1 aliphatic carbocycles. The molecule has 0 aliphatic heterocycles. The molecule has 1 fully saturated rings. The summed E-state index contributed by atoms with van der Waals surface area (Å²) in [5.41, 5.74) is 0. The molecule has 2 rings (SSSR count). The van der Waals surface area contributed by atoms with Gasteiger partial charge in [-0.3, -0.25) is 9.59 Å². The predicted octanol–water partition coefficient (Wildman–Crippen LogP) is 3.79. The van der Waals surface area contributed by atoms with Crippen molar-refractivity contribution in [3.8, 4) is 0 Å². The van der Waals surface area contributed by atoms with Gasteiger partial charge in [0.1, 0.15) is 5.82 Å². The van der Waals surface area contributed by atoms with Crippen LogP contribution in [0.5, 0.6) is 0 Å². The van der Waals surface area contributed by atoms with Gasteiger partial charge in [-0.1, -0.05) is 26.7 Å². The van der Waals surface area contributed by atoms with E-state index in [0.717, 1.165) is 17.7 Å². The van der Waals surface area contributed by atoms with E-state index in [1.165, 1.54) is 30.3 Å². The van der Waals surface area contributed by atoms with Gasteiger partial charge < -0.3 is 10.1 Å². The molecule has 0 unspecified atom stereocenters. The fraction of sp³-hybridized carbons (Fsp3) is 0.579. The number of ether oxygens (including phenoxy) is 1. The molecule has 4 nitrogen and oxygen atoms in total. The van der Waals surface area contributed by atoms with E-state index in [2.05, 4.69) is 19.2 Å². The second-order valence-electron chi connectivity index (χ2n) is 6.65. The standard InChI is InChI=1S/C19H26FNO3S/c1-13-4-3-5-17(14(13)2)21-18(22)12-24-19(23)10-11-25-16-8-6-15(20)7-9-16/h6-9,13-14,17H,3-5,10-12H2,1-2H3,(H,21,22)/t13-,14+,17-/m0/s1. The maximum atomic E-state index is 12.8. The highest BCUT2D eigenvalue weighted by molar-refractivity contribution is 7.99. The number of rotatable bonds is 7. The van der Waals surface area contributed by atoms with Crippen molar-refractivity contribution in [3.63, 3.8) is 0 Å². The van der Waals surface area contributed by atoms with E-state index in [9.17, 15) is 14.0 Å². The third-order valence-corrected chi connectivity index (χ3v) is 5.82. The van der Waals surface area contributed by atoms with Crippen LogP contribution in [0.15, 0.2) is 29.2 Å². The normalized spacial score (nSPS) is 23.1. The van der Waals surface area contributed by atoms with Crippen LogP contribution < -0.4 is 5.32 Å². The summed E-state index contributed by atoms with van der Waals surface area (Å²) in [5, 5.41) is 2.98. The van der Waals surface area contributed by atoms with Gasteiger partial charge in [-0.05, 0) is 42.5 Å². The van der Waals surface area contributed by atoms with Crippen molar-refractivity contribution >= 4 is 23.6 Å². The summed E-state index contributed by atoms with van der Waals surface area (Å²) in [6.45, 7) is 4.15. The van der Waals surface area contributed by atoms with E-state index in [0.29, 0.717) is 17.6 Å². The lowest BCUT2D eigenvalue weighted by atomic mass is 9.78. The minimum Gasteiger partial charge on any atom is -0.456 e. The first-order chi connectivity index (χ1) is 12.0. The quantitative estimate of drug-likeness (QED) is 0.588. The highest BCUT2D eigenvalue weighted by Crippen LogP contribution is 2.29. The monoisotopic (exact) mass is 367 g/mol. The minimum absolute atomic E-state index is 0.170. The summed E-state index contributed by atoms with van der Waals surface area (Å²) >= 11 is 1.45. The SMILES string of the molecule is C[C@H]1[C@@H](NC(=O)COC(=O)CCSc2ccc(F)cc2)CCC[C@@H]1C. The number of hydrogen-bond acceptors (Lipinski definition) is 4. The second kappa shape index (κ2) is 9.80. The molecule has 6 heteroatoms. The van der Waals surface area contributed by atoms with Crippen LogP contribution in [0.25, 0.3) is 0 Å². The molecular weight excluding hydrogens is 341 g/mol. The van der Waals surface area contributed by atoms with E-state index >= 15 is 0 Å². The average molecular weight is 367 g/mol. The van der Waals surface area contributed by atoms with Gasteiger partial charge in [-0.25, -0.2) is 4.39 Å². The Labute approximate surface area is 152 Å². The highest BCUT2D eigenvalue weighted by Gasteiger charge is 2.28. The summed E-state index contributed by atoms with van der Waals surface area (Å²) in [7, 11) is 0. The van der Waals surface area contributed by atoms with Gasteiger partial charge in [-0.15, -0.1) is 11.8 Å². The van der Waals surface area contributed by atoms with Crippen molar-refractivity contribution in [2.45, 2.75) is 50.5 Å². The van der Waals surface area contributed by atoms with Crippen LogP contribution in [0.4, 0.5) is 4.39 Å². The molecule has 1 amide bonds. The van der Waals surface area contributed by atoms with Gasteiger partial charge in [0.2, 0.25) is 0 Å². The lowest BCUT2D eigenvalue weighted by Gasteiger charge is -2.34. The number of carbonyl (C=O) groups excluding carboxylic acids is 2. The van der Waals surface area contributed by atoms with Crippen molar-refractivity contribution in [2.24, 2.45) is 11.8 Å². The molecule has 1 N–H and O–H groups in total. The number of hydrogen-bond donors (Lipinski definition) is 1. The number of esters is 1. The Morgan fingerprint density at radius 1 is 1.24 bits per heavy atom. The number of amides is 1. The summed E-state index contributed by atoms with van der Waals surface area (Å²) in [6.07, 6.45) is 3.52. The third kappa shape index (κ3) is 6.69. The fourth-order valence-corrected chi connectivity index (χ4v) is 3.87. The van der Waals surface area contributed by atoms with Gasteiger partial charge in [-0.2, -0.15) is 0 Å². The van der Waals surface area contributed by atoms with Crippen LogP contribution in [0.2, 0.25) is 0 Å². The largest absolute Gasteiger partial charge is 0.456 e. The van der Waals surface area contributed by atoms with E-state index < -0.39 is 5.97 Å². The molecule has 0 saturated heterocycles. The minimum atomic E-state index is -0.394. The number of thioether (sulfide) groups is 1. The Hall–Kier alpha value is -1.56. The fourth-order valence-electron chi connectivity index (χ4n) is 3.04. The zero-order chi connectivity index (χ0) is 18.2. The Kier molecular flexibility index (Phi) is 7.75. The van der Waals surface area contributed by atoms with Gasteiger partial charge in [0.25, 0.3) is 5.91 Å². The van der Waals surface area contributed by atoms with Crippen LogP contribution >= 0.6 is 11.8 Å². The lowest BCUT2D eigenvalue weighted by Crippen LogP contribution is -2.45. The summed E-state index contributed by atoms with van der Waals surface area (Å²) in [4.78, 5) is 24.6. The molecule has 0 aromatic heterocycles. The van der Waals surface area contributed by atoms with Crippen LogP contribution in [-0.4, -0.2) is 30.3 Å². The second-order valence-corrected chi connectivity index (χ2v) is 7.82. The van der Waals surface area contributed by atoms with Crippen molar-refractivity contribution in [2.75, 3.05) is 12.4 Å². The van der Waals surface area contributed by atoms with E-state index in [1.807, 2.05) is 0 Å². The van der Waals surface area contributed by atoms with Gasteiger partial charge in [0, 0.05) is 16.7 Å². The lowest BCUT2D eigenvalue weighted by molar-refractivity contribution is -0.148. The number of carbonyl (C=O) groups is 2. The topological polar surface area (TPSA) is 55.4 Å². The van der Waals surface area contributed by atoms with Gasteiger partial charge in [0.15, 0.2) is 6.61 Å². The van der Waals surface area contributed by atoms with Gasteiger partial charge >= 0.3 is 5.97 Å². The van der Waals surface area contributed by atoms with Gasteiger partial charge in [0.05, 0.1) is 6.42 Å². The van der Waals surface area contributed by atoms with E-state index in [-0.39, 0.29) is 30.8 Å². The van der Waals surface area contributed by atoms with Crippen LogP contribution in [-0.2, 0) is 14.3 Å². The van der Waals surface area contributed by atoms with E-state index in [1.54, 1.807) is 12.1 Å². The molecule has 138 valence electrons. The van der Waals surface area contributed by atoms with E-state index in [4.69, 9.17) is 4.74 Å². The molecule has 1 aromatic carbocycles.